The summed E-state index contributed by atoms with van der Waals surface area (Å²) >= 11 is 0. The Labute approximate surface area is 187 Å². The normalized spacial score (nSPS) is 26.2. The van der Waals surface area contributed by atoms with E-state index in [-0.39, 0.29) is 36.6 Å². The van der Waals surface area contributed by atoms with Crippen LogP contribution in [0.2, 0.25) is 12.6 Å². The maximum absolute atomic E-state index is 6.38. The second-order valence-electron chi connectivity index (χ2n) is 11.6. The highest BCUT2D eigenvalue weighted by molar-refractivity contribution is 6.46. The molecule has 0 N–H and O–H groups in total. The highest BCUT2D eigenvalue weighted by atomic mass is 16.7. The van der Waals surface area contributed by atoms with Gasteiger partial charge in [0.05, 0.1) is 22.4 Å². The molecule has 0 saturated carbocycles. The zero-order valence-electron chi connectivity index (χ0n) is 21.6. The first kappa shape index (κ1) is 26.2. The minimum Gasteiger partial charge on any atom is -0.403 e. The molecule has 0 amide bonds. The van der Waals surface area contributed by atoms with Gasteiger partial charge in [-0.05, 0) is 79.9 Å². The summed E-state index contributed by atoms with van der Waals surface area (Å²) in [5.41, 5.74) is -1.07. The molecule has 6 heteroatoms. The monoisotopic (exact) mass is 422 g/mol. The quantitative estimate of drug-likeness (QED) is 0.344. The van der Waals surface area contributed by atoms with Gasteiger partial charge in [0.1, 0.15) is 0 Å². The highest BCUT2D eigenvalue weighted by Gasteiger charge is 2.53. The third-order valence-corrected chi connectivity index (χ3v) is 8.12. The van der Waals surface area contributed by atoms with E-state index in [4.69, 9.17) is 18.6 Å². The van der Waals surface area contributed by atoms with Gasteiger partial charge >= 0.3 is 14.2 Å². The summed E-state index contributed by atoms with van der Waals surface area (Å²) in [6, 6.07) is 0. The van der Waals surface area contributed by atoms with Crippen LogP contribution >= 0.6 is 0 Å². The molecule has 174 valence electrons. The molecule has 0 radical (unpaired) electrons. The van der Waals surface area contributed by atoms with Crippen molar-refractivity contribution in [2.45, 2.75) is 143 Å². The van der Waals surface area contributed by atoms with E-state index >= 15 is 0 Å². The largest absolute Gasteiger partial charge is 0.458 e. The summed E-state index contributed by atoms with van der Waals surface area (Å²) in [6.07, 6.45) is 9.28. The van der Waals surface area contributed by atoms with Crippen LogP contribution in [0.1, 0.15) is 108 Å². The summed E-state index contributed by atoms with van der Waals surface area (Å²) in [6.45, 7) is 21.7. The average Bonchev–Trinajstić information content (AvgIpc) is 2.93. The van der Waals surface area contributed by atoms with Crippen molar-refractivity contribution in [1.82, 2.24) is 0 Å². The van der Waals surface area contributed by atoms with Gasteiger partial charge in [-0.25, -0.2) is 0 Å². The van der Waals surface area contributed by atoms with Crippen LogP contribution in [-0.2, 0) is 18.6 Å². The minimum atomic E-state index is -0.266. The van der Waals surface area contributed by atoms with Gasteiger partial charge in [0, 0.05) is 0 Å². The van der Waals surface area contributed by atoms with E-state index in [0.29, 0.717) is 11.8 Å². The Bertz CT molecular complexity index is 467. The first-order valence-electron chi connectivity index (χ1n) is 12.5. The van der Waals surface area contributed by atoms with Gasteiger partial charge in [0.2, 0.25) is 0 Å². The van der Waals surface area contributed by atoms with Gasteiger partial charge in [-0.1, -0.05) is 52.4 Å². The van der Waals surface area contributed by atoms with Gasteiger partial charge < -0.3 is 18.6 Å². The van der Waals surface area contributed by atoms with Crippen LogP contribution in [0.15, 0.2) is 0 Å². The van der Waals surface area contributed by atoms with Crippen molar-refractivity contribution in [2.24, 2.45) is 11.8 Å². The van der Waals surface area contributed by atoms with Crippen LogP contribution in [-0.4, -0.2) is 36.6 Å². The van der Waals surface area contributed by atoms with Crippen molar-refractivity contribution in [1.29, 1.82) is 0 Å². The van der Waals surface area contributed by atoms with E-state index in [1.54, 1.807) is 0 Å². The minimum absolute atomic E-state index is 0.126. The first-order valence-corrected chi connectivity index (χ1v) is 12.5. The molecule has 2 unspecified atom stereocenters. The molecule has 0 aromatic carbocycles. The van der Waals surface area contributed by atoms with Crippen molar-refractivity contribution in [3.63, 3.8) is 0 Å². The summed E-state index contributed by atoms with van der Waals surface area (Å²) in [7, 11) is -0.251. The van der Waals surface area contributed by atoms with Crippen molar-refractivity contribution >= 4 is 14.2 Å². The Kier molecular flexibility index (Phi) is 8.61. The van der Waals surface area contributed by atoms with Gasteiger partial charge in [-0.2, -0.15) is 0 Å². The molecular weight excluding hydrogens is 374 g/mol. The molecule has 2 fully saturated rings. The Morgan fingerprint density at radius 1 is 0.533 bits per heavy atom. The van der Waals surface area contributed by atoms with Crippen molar-refractivity contribution in [2.75, 3.05) is 0 Å². The van der Waals surface area contributed by atoms with E-state index in [1.807, 2.05) is 0 Å². The maximum Gasteiger partial charge on any atom is 0.458 e. The number of rotatable bonds is 11. The molecule has 4 nitrogen and oxygen atoms in total. The number of hydrogen-bond acceptors (Lipinski definition) is 4. The second-order valence-corrected chi connectivity index (χ2v) is 11.6. The molecule has 2 aliphatic heterocycles. The van der Waals surface area contributed by atoms with Gasteiger partial charge in [0.15, 0.2) is 0 Å². The molecule has 2 rings (SSSR count). The van der Waals surface area contributed by atoms with Gasteiger partial charge in [-0.15, -0.1) is 0 Å². The summed E-state index contributed by atoms with van der Waals surface area (Å²) in [4.78, 5) is 0. The van der Waals surface area contributed by atoms with Crippen LogP contribution in [0.4, 0.5) is 0 Å². The van der Waals surface area contributed by atoms with E-state index < -0.39 is 0 Å². The summed E-state index contributed by atoms with van der Waals surface area (Å²) in [5.74, 6) is 1.12. The summed E-state index contributed by atoms with van der Waals surface area (Å²) in [5, 5.41) is 0. The molecule has 2 heterocycles. The predicted octanol–water partition coefficient (Wildman–Crippen LogP) is 6.78. The molecule has 30 heavy (non-hydrogen) atoms. The fourth-order valence-electron chi connectivity index (χ4n) is 4.64. The molecule has 0 bridgehead atoms. The lowest BCUT2D eigenvalue weighted by atomic mass is 9.63. The van der Waals surface area contributed by atoms with Crippen molar-refractivity contribution in [3.05, 3.63) is 0 Å². The number of unbranched alkanes of at least 4 members (excludes halogenated alkanes) is 2. The van der Waals surface area contributed by atoms with Crippen molar-refractivity contribution < 1.29 is 18.6 Å². The Morgan fingerprint density at radius 2 is 0.800 bits per heavy atom. The molecule has 0 spiro atoms. The lowest BCUT2D eigenvalue weighted by Crippen LogP contribution is -2.41. The molecular formula is C24H48B2O4. The Hall–Kier alpha value is -0.0301. The SMILES string of the molecule is CCCCC(CB1OC(C)(C)C(C)(C)O1)C(CCCC)CB1OC(C)(C)C(C)(C)O1. The maximum atomic E-state index is 6.38. The topological polar surface area (TPSA) is 36.9 Å². The van der Waals surface area contributed by atoms with E-state index in [2.05, 4.69) is 69.2 Å². The van der Waals surface area contributed by atoms with Crippen LogP contribution in [0.25, 0.3) is 0 Å². The van der Waals surface area contributed by atoms with Crippen molar-refractivity contribution in [3.8, 4) is 0 Å². The first-order chi connectivity index (χ1) is 13.7. The second kappa shape index (κ2) is 9.85. The molecule has 0 aromatic rings. The van der Waals surface area contributed by atoms with Crippen LogP contribution < -0.4 is 0 Å². The molecule has 0 aliphatic carbocycles. The molecule has 2 atom stereocenters. The van der Waals surface area contributed by atoms with Gasteiger partial charge in [-0.3, -0.25) is 0 Å². The Balaban J connectivity index is 2.13. The standard InChI is InChI=1S/C24H48B2O4/c1-11-13-15-19(17-25-27-21(3,4)22(5,6)28-25)20(16-14-12-2)18-26-29-23(7,8)24(9,10)30-26/h19-20H,11-18H2,1-10H3. The van der Waals surface area contributed by atoms with E-state index in [9.17, 15) is 0 Å². The van der Waals surface area contributed by atoms with E-state index in [1.165, 1.54) is 38.5 Å². The molecule has 0 aromatic heterocycles. The summed E-state index contributed by atoms with van der Waals surface area (Å²) < 4.78 is 25.5. The fourth-order valence-corrected chi connectivity index (χ4v) is 4.64. The van der Waals surface area contributed by atoms with E-state index in [0.717, 1.165) is 12.6 Å². The zero-order chi connectivity index (χ0) is 22.8. The lowest BCUT2D eigenvalue weighted by Gasteiger charge is -2.32. The van der Waals surface area contributed by atoms with Gasteiger partial charge in [0.25, 0.3) is 0 Å². The fraction of sp³-hybridized carbons (Fsp3) is 1.00. The third-order valence-electron chi connectivity index (χ3n) is 8.12. The van der Waals surface area contributed by atoms with Crippen LogP contribution in [0.3, 0.4) is 0 Å². The molecule has 2 aliphatic rings. The molecule has 2 saturated heterocycles. The number of hydrogen-bond donors (Lipinski definition) is 0. The van der Waals surface area contributed by atoms with Crippen LogP contribution in [0.5, 0.6) is 0 Å². The Morgan fingerprint density at radius 3 is 1.03 bits per heavy atom. The average molecular weight is 422 g/mol. The van der Waals surface area contributed by atoms with Crippen LogP contribution in [0, 0.1) is 11.8 Å². The predicted molar refractivity (Wildman–Crippen MR) is 128 cm³/mol. The highest BCUT2D eigenvalue weighted by Crippen LogP contribution is 2.43. The third kappa shape index (κ3) is 6.05. The smallest absolute Gasteiger partial charge is 0.403 e. The lowest BCUT2D eigenvalue weighted by molar-refractivity contribution is 0.00578. The zero-order valence-corrected chi connectivity index (χ0v) is 21.6.